The van der Waals surface area contributed by atoms with Gasteiger partial charge in [-0.25, -0.2) is 4.79 Å². The van der Waals surface area contributed by atoms with E-state index in [1.54, 1.807) is 6.07 Å². The third-order valence-corrected chi connectivity index (χ3v) is 3.93. The maximum Gasteiger partial charge on any atom is 0.340 e. The molecule has 2 aromatic rings. The molecule has 4 nitrogen and oxygen atoms in total. The molecule has 1 saturated heterocycles. The van der Waals surface area contributed by atoms with Gasteiger partial charge in [-0.05, 0) is 41.7 Å². The molecule has 0 aliphatic carbocycles. The highest BCUT2D eigenvalue weighted by atomic mass is 16.5. The molecular weight excluding hydrogens is 266 g/mol. The highest BCUT2D eigenvalue weighted by Gasteiger charge is 2.18. The molecule has 0 saturated carbocycles. The lowest BCUT2D eigenvalue weighted by Gasteiger charge is -2.21. The molecule has 110 valence electrons. The van der Waals surface area contributed by atoms with Crippen molar-refractivity contribution in [2.75, 3.05) is 25.6 Å². The van der Waals surface area contributed by atoms with Gasteiger partial charge in [-0.15, -0.1) is 0 Å². The summed E-state index contributed by atoms with van der Waals surface area (Å²) in [6.45, 7) is 1.94. The molecule has 2 aromatic carbocycles. The monoisotopic (exact) mass is 285 g/mol. The van der Waals surface area contributed by atoms with Crippen LogP contribution in [0.5, 0.6) is 0 Å². The summed E-state index contributed by atoms with van der Waals surface area (Å²) in [6, 6.07) is 11.4. The highest BCUT2D eigenvalue weighted by Crippen LogP contribution is 2.23. The van der Waals surface area contributed by atoms with E-state index in [0.29, 0.717) is 23.8 Å². The summed E-state index contributed by atoms with van der Waals surface area (Å²) < 4.78 is 10.7. The van der Waals surface area contributed by atoms with Crippen molar-refractivity contribution in [2.24, 2.45) is 5.92 Å². The summed E-state index contributed by atoms with van der Waals surface area (Å²) in [7, 11) is 0. The number of rotatable bonds is 3. The van der Waals surface area contributed by atoms with Crippen molar-refractivity contribution in [3.05, 3.63) is 42.0 Å². The van der Waals surface area contributed by atoms with Crippen LogP contribution in [0.25, 0.3) is 10.8 Å². The van der Waals surface area contributed by atoms with Gasteiger partial charge in [0.25, 0.3) is 0 Å². The Bertz CT molecular complexity index is 648. The number of hydrogen-bond donors (Lipinski definition) is 1. The van der Waals surface area contributed by atoms with E-state index in [9.17, 15) is 4.79 Å². The standard InChI is InChI=1S/C17H19NO3/c18-16-10-14-4-2-1-3-13(14)9-15(16)17(19)21-11-12-5-7-20-8-6-12/h1-4,9-10,12H,5-8,11,18H2. The van der Waals surface area contributed by atoms with Gasteiger partial charge in [-0.3, -0.25) is 0 Å². The average Bonchev–Trinajstić information content (AvgIpc) is 2.53. The third kappa shape index (κ3) is 3.16. The Morgan fingerprint density at radius 2 is 1.86 bits per heavy atom. The van der Waals surface area contributed by atoms with E-state index in [0.717, 1.165) is 36.8 Å². The van der Waals surface area contributed by atoms with Gasteiger partial charge in [-0.2, -0.15) is 0 Å². The van der Waals surface area contributed by atoms with E-state index >= 15 is 0 Å². The molecule has 2 N–H and O–H groups in total. The van der Waals surface area contributed by atoms with E-state index in [4.69, 9.17) is 15.2 Å². The number of nitrogen functional groups attached to an aromatic ring is 1. The van der Waals surface area contributed by atoms with Crippen LogP contribution in [-0.2, 0) is 9.47 Å². The van der Waals surface area contributed by atoms with Crippen molar-refractivity contribution in [3.63, 3.8) is 0 Å². The molecule has 0 unspecified atom stereocenters. The summed E-state index contributed by atoms with van der Waals surface area (Å²) in [6.07, 6.45) is 1.89. The van der Waals surface area contributed by atoms with Gasteiger partial charge in [-0.1, -0.05) is 24.3 Å². The van der Waals surface area contributed by atoms with Crippen LogP contribution < -0.4 is 5.73 Å². The number of anilines is 1. The smallest absolute Gasteiger partial charge is 0.340 e. The second-order valence-corrected chi connectivity index (χ2v) is 5.44. The van der Waals surface area contributed by atoms with Crippen LogP contribution in [0.3, 0.4) is 0 Å². The molecule has 1 aliphatic heterocycles. The van der Waals surface area contributed by atoms with Gasteiger partial charge in [0.1, 0.15) is 0 Å². The summed E-state index contributed by atoms with van der Waals surface area (Å²) in [4.78, 5) is 12.2. The Hall–Kier alpha value is -2.07. The Morgan fingerprint density at radius 1 is 1.19 bits per heavy atom. The fourth-order valence-electron chi connectivity index (χ4n) is 2.62. The van der Waals surface area contributed by atoms with Crippen LogP contribution in [0.15, 0.2) is 36.4 Å². The molecule has 0 spiro atoms. The van der Waals surface area contributed by atoms with Crippen LogP contribution in [0.4, 0.5) is 5.69 Å². The fraction of sp³-hybridized carbons (Fsp3) is 0.353. The number of esters is 1. The molecule has 1 heterocycles. The van der Waals surface area contributed by atoms with Crippen molar-refractivity contribution >= 4 is 22.4 Å². The zero-order chi connectivity index (χ0) is 14.7. The summed E-state index contributed by atoms with van der Waals surface area (Å²) in [5, 5.41) is 2.01. The molecule has 0 aromatic heterocycles. The first-order valence-corrected chi connectivity index (χ1v) is 7.27. The summed E-state index contributed by atoms with van der Waals surface area (Å²) in [5.41, 5.74) is 6.88. The maximum absolute atomic E-state index is 12.2. The maximum atomic E-state index is 12.2. The van der Waals surface area contributed by atoms with Gasteiger partial charge in [0.15, 0.2) is 0 Å². The van der Waals surface area contributed by atoms with Crippen molar-refractivity contribution in [2.45, 2.75) is 12.8 Å². The molecule has 4 heteroatoms. The van der Waals surface area contributed by atoms with Gasteiger partial charge >= 0.3 is 5.97 Å². The number of benzene rings is 2. The van der Waals surface area contributed by atoms with Gasteiger partial charge < -0.3 is 15.2 Å². The zero-order valence-electron chi connectivity index (χ0n) is 11.9. The SMILES string of the molecule is Nc1cc2ccccc2cc1C(=O)OCC1CCOCC1. The van der Waals surface area contributed by atoms with E-state index in [1.807, 2.05) is 30.3 Å². The molecule has 0 bridgehead atoms. The summed E-state index contributed by atoms with van der Waals surface area (Å²) in [5.74, 6) is 0.0501. The van der Waals surface area contributed by atoms with Crippen LogP contribution in [0, 0.1) is 5.92 Å². The lowest BCUT2D eigenvalue weighted by Crippen LogP contribution is -2.22. The molecular formula is C17H19NO3. The first-order valence-electron chi connectivity index (χ1n) is 7.27. The van der Waals surface area contributed by atoms with Crippen LogP contribution in [-0.4, -0.2) is 25.8 Å². The molecule has 1 aliphatic rings. The second-order valence-electron chi connectivity index (χ2n) is 5.44. The lowest BCUT2D eigenvalue weighted by atomic mass is 10.0. The first kappa shape index (κ1) is 13.9. The number of fused-ring (bicyclic) bond motifs is 1. The topological polar surface area (TPSA) is 61.6 Å². The van der Waals surface area contributed by atoms with Crippen molar-refractivity contribution in [1.82, 2.24) is 0 Å². The average molecular weight is 285 g/mol. The molecule has 3 rings (SSSR count). The van der Waals surface area contributed by atoms with Crippen molar-refractivity contribution in [1.29, 1.82) is 0 Å². The number of carbonyl (C=O) groups excluding carboxylic acids is 1. The molecule has 1 fully saturated rings. The van der Waals surface area contributed by atoms with Crippen LogP contribution >= 0.6 is 0 Å². The second kappa shape index (κ2) is 6.14. The normalized spacial score (nSPS) is 16.0. The molecule has 0 radical (unpaired) electrons. The summed E-state index contributed by atoms with van der Waals surface area (Å²) >= 11 is 0. The van der Waals surface area contributed by atoms with Crippen molar-refractivity contribution < 1.29 is 14.3 Å². The minimum Gasteiger partial charge on any atom is -0.462 e. The largest absolute Gasteiger partial charge is 0.462 e. The number of carbonyl (C=O) groups is 1. The predicted molar refractivity (Wildman–Crippen MR) is 82.2 cm³/mol. The third-order valence-electron chi connectivity index (χ3n) is 3.93. The zero-order valence-corrected chi connectivity index (χ0v) is 11.9. The van der Waals surface area contributed by atoms with E-state index in [2.05, 4.69) is 0 Å². The van der Waals surface area contributed by atoms with E-state index in [-0.39, 0.29) is 5.97 Å². The molecule has 0 atom stereocenters. The predicted octanol–water partition coefficient (Wildman–Crippen LogP) is 3.01. The fourth-order valence-corrected chi connectivity index (χ4v) is 2.62. The number of ether oxygens (including phenoxy) is 2. The Kier molecular flexibility index (Phi) is 4.06. The molecule has 21 heavy (non-hydrogen) atoms. The van der Waals surface area contributed by atoms with Gasteiger partial charge in [0.05, 0.1) is 12.2 Å². The molecule has 0 amide bonds. The number of nitrogens with two attached hydrogens (primary N) is 1. The Balaban J connectivity index is 1.73. The first-order chi connectivity index (χ1) is 10.2. The Labute approximate surface area is 123 Å². The Morgan fingerprint density at radius 3 is 2.57 bits per heavy atom. The van der Waals surface area contributed by atoms with Crippen molar-refractivity contribution in [3.8, 4) is 0 Å². The van der Waals surface area contributed by atoms with E-state index < -0.39 is 0 Å². The van der Waals surface area contributed by atoms with Crippen LogP contribution in [0.1, 0.15) is 23.2 Å². The number of hydrogen-bond acceptors (Lipinski definition) is 4. The van der Waals surface area contributed by atoms with E-state index in [1.165, 1.54) is 0 Å². The van der Waals surface area contributed by atoms with Crippen LogP contribution in [0.2, 0.25) is 0 Å². The minimum absolute atomic E-state index is 0.343. The lowest BCUT2D eigenvalue weighted by molar-refractivity contribution is 0.0186. The van der Waals surface area contributed by atoms with Gasteiger partial charge in [0.2, 0.25) is 0 Å². The highest BCUT2D eigenvalue weighted by molar-refractivity contribution is 6.01. The van der Waals surface area contributed by atoms with Gasteiger partial charge in [0, 0.05) is 18.9 Å². The minimum atomic E-state index is -0.343. The quantitative estimate of drug-likeness (QED) is 0.695.